The van der Waals surface area contributed by atoms with Gasteiger partial charge in [0.2, 0.25) is 0 Å². The van der Waals surface area contributed by atoms with Gasteiger partial charge in [-0.05, 0) is 31.2 Å². The van der Waals surface area contributed by atoms with Gasteiger partial charge in [-0.15, -0.1) is 0 Å². The number of ether oxygens (including phenoxy) is 1. The first kappa shape index (κ1) is 14.5. The van der Waals surface area contributed by atoms with E-state index in [-0.39, 0.29) is 12.4 Å². The molecule has 0 atom stereocenters. The average Bonchev–Trinajstić information content (AvgIpc) is 2.87. The lowest BCUT2D eigenvalue weighted by Crippen LogP contribution is -2.08. The van der Waals surface area contributed by atoms with E-state index in [1.807, 2.05) is 25.1 Å². The van der Waals surface area contributed by atoms with Gasteiger partial charge in [0.25, 0.3) is 0 Å². The average molecular weight is 305 g/mol. The zero-order chi connectivity index (χ0) is 15.7. The standard InChI is InChI=1S/C17H14F3NO/c1-11-6-7-15-13(8-11)12(9-21-15)10-22-16-5-3-2-4-14(16)17(18,19)20/h2-9,21H,10H2,1H3. The molecule has 1 N–H and O–H groups in total. The lowest BCUT2D eigenvalue weighted by Gasteiger charge is -2.13. The quantitative estimate of drug-likeness (QED) is 0.717. The number of aryl methyl sites for hydroxylation is 1. The van der Waals surface area contributed by atoms with E-state index >= 15 is 0 Å². The molecule has 22 heavy (non-hydrogen) atoms. The van der Waals surface area contributed by atoms with Gasteiger partial charge >= 0.3 is 6.18 Å². The first-order valence-electron chi connectivity index (χ1n) is 6.81. The number of rotatable bonds is 3. The van der Waals surface area contributed by atoms with Crippen molar-refractivity contribution in [2.45, 2.75) is 19.7 Å². The highest BCUT2D eigenvalue weighted by atomic mass is 19.4. The van der Waals surface area contributed by atoms with Crippen molar-refractivity contribution in [1.82, 2.24) is 4.98 Å². The number of hydrogen-bond acceptors (Lipinski definition) is 1. The Hall–Kier alpha value is -2.43. The Labute approximate surface area is 125 Å². The van der Waals surface area contributed by atoms with Gasteiger partial charge in [-0.3, -0.25) is 0 Å². The van der Waals surface area contributed by atoms with Crippen LogP contribution < -0.4 is 4.74 Å². The summed E-state index contributed by atoms with van der Waals surface area (Å²) in [6.45, 7) is 2.05. The fourth-order valence-corrected chi connectivity index (χ4v) is 2.39. The maximum atomic E-state index is 12.9. The fourth-order valence-electron chi connectivity index (χ4n) is 2.39. The number of fused-ring (bicyclic) bond motifs is 1. The van der Waals surface area contributed by atoms with Crippen molar-refractivity contribution in [3.8, 4) is 5.75 Å². The van der Waals surface area contributed by atoms with E-state index in [0.29, 0.717) is 0 Å². The SMILES string of the molecule is Cc1ccc2[nH]cc(COc3ccccc3C(F)(F)F)c2c1. The Kier molecular flexibility index (Phi) is 3.56. The lowest BCUT2D eigenvalue weighted by molar-refractivity contribution is -0.139. The minimum atomic E-state index is -4.42. The zero-order valence-electron chi connectivity index (χ0n) is 11.9. The molecule has 3 aromatic rings. The molecule has 114 valence electrons. The van der Waals surface area contributed by atoms with Crippen molar-refractivity contribution >= 4 is 10.9 Å². The summed E-state index contributed by atoms with van der Waals surface area (Å²) < 4.78 is 44.2. The molecule has 1 aromatic heterocycles. The molecule has 0 radical (unpaired) electrons. The Balaban J connectivity index is 1.87. The van der Waals surface area contributed by atoms with E-state index in [1.165, 1.54) is 18.2 Å². The number of nitrogens with one attached hydrogen (secondary N) is 1. The molecule has 1 heterocycles. The molecule has 2 aromatic carbocycles. The number of H-pyrrole nitrogens is 1. The summed E-state index contributed by atoms with van der Waals surface area (Å²) in [6.07, 6.45) is -2.66. The summed E-state index contributed by atoms with van der Waals surface area (Å²) in [5.41, 5.74) is 2.10. The highest BCUT2D eigenvalue weighted by Gasteiger charge is 2.34. The third kappa shape index (κ3) is 2.79. The molecule has 0 aliphatic heterocycles. The van der Waals surface area contributed by atoms with Crippen LogP contribution in [-0.4, -0.2) is 4.98 Å². The van der Waals surface area contributed by atoms with Crippen molar-refractivity contribution in [3.05, 3.63) is 65.4 Å². The molecule has 5 heteroatoms. The minimum absolute atomic E-state index is 0.0799. The normalized spacial score (nSPS) is 11.8. The van der Waals surface area contributed by atoms with Crippen LogP contribution in [0.2, 0.25) is 0 Å². The van der Waals surface area contributed by atoms with Gasteiger partial charge in [0.05, 0.1) is 5.56 Å². The maximum Gasteiger partial charge on any atom is 0.419 e. The van der Waals surface area contributed by atoms with Crippen LogP contribution in [-0.2, 0) is 12.8 Å². The number of halogens is 3. The van der Waals surface area contributed by atoms with Crippen LogP contribution in [0, 0.1) is 6.92 Å². The highest BCUT2D eigenvalue weighted by Crippen LogP contribution is 2.36. The van der Waals surface area contributed by atoms with Gasteiger partial charge < -0.3 is 9.72 Å². The molecule has 0 saturated heterocycles. The molecule has 0 aliphatic carbocycles. The Morgan fingerprint density at radius 3 is 2.64 bits per heavy atom. The summed E-state index contributed by atoms with van der Waals surface area (Å²) in [4.78, 5) is 3.09. The molecule has 0 spiro atoms. The summed E-state index contributed by atoms with van der Waals surface area (Å²) in [6, 6.07) is 11.1. The molecular formula is C17H14F3NO. The second-order valence-electron chi connectivity index (χ2n) is 5.15. The molecule has 0 amide bonds. The van der Waals surface area contributed by atoms with Crippen LogP contribution >= 0.6 is 0 Å². The van der Waals surface area contributed by atoms with E-state index in [2.05, 4.69) is 4.98 Å². The summed E-state index contributed by atoms with van der Waals surface area (Å²) >= 11 is 0. The van der Waals surface area contributed by atoms with Crippen LogP contribution in [0.1, 0.15) is 16.7 Å². The Morgan fingerprint density at radius 2 is 1.86 bits per heavy atom. The first-order chi connectivity index (χ1) is 10.4. The van der Waals surface area contributed by atoms with Crippen molar-refractivity contribution in [2.75, 3.05) is 0 Å². The highest BCUT2D eigenvalue weighted by molar-refractivity contribution is 5.83. The summed E-state index contributed by atoms with van der Waals surface area (Å²) in [7, 11) is 0. The van der Waals surface area contributed by atoms with Crippen LogP contribution in [0.3, 0.4) is 0 Å². The number of benzene rings is 2. The predicted molar refractivity (Wildman–Crippen MR) is 78.8 cm³/mol. The van der Waals surface area contributed by atoms with Gasteiger partial charge in [0.1, 0.15) is 12.4 Å². The Morgan fingerprint density at radius 1 is 1.09 bits per heavy atom. The smallest absolute Gasteiger partial charge is 0.419 e. The minimum Gasteiger partial charge on any atom is -0.488 e. The maximum absolute atomic E-state index is 12.9. The number of para-hydroxylation sites is 1. The van der Waals surface area contributed by atoms with Gasteiger partial charge in [0.15, 0.2) is 0 Å². The van der Waals surface area contributed by atoms with Gasteiger partial charge in [0, 0.05) is 22.7 Å². The number of aromatic amines is 1. The second-order valence-corrected chi connectivity index (χ2v) is 5.15. The number of alkyl halides is 3. The molecule has 0 fully saturated rings. The lowest BCUT2D eigenvalue weighted by atomic mass is 10.1. The topological polar surface area (TPSA) is 25.0 Å². The van der Waals surface area contributed by atoms with Crippen molar-refractivity contribution < 1.29 is 17.9 Å². The summed E-state index contributed by atoms with van der Waals surface area (Å²) in [5, 5.41) is 0.962. The van der Waals surface area contributed by atoms with Gasteiger partial charge in [-0.1, -0.05) is 23.8 Å². The summed E-state index contributed by atoms with van der Waals surface area (Å²) in [5.74, 6) is -0.156. The third-order valence-corrected chi connectivity index (χ3v) is 3.50. The van der Waals surface area contributed by atoms with E-state index in [1.54, 1.807) is 6.20 Å². The van der Waals surface area contributed by atoms with Crippen LogP contribution in [0.15, 0.2) is 48.7 Å². The molecule has 0 saturated carbocycles. The predicted octanol–water partition coefficient (Wildman–Crippen LogP) is 5.07. The number of hydrogen-bond donors (Lipinski definition) is 1. The van der Waals surface area contributed by atoms with Gasteiger partial charge in [-0.2, -0.15) is 13.2 Å². The van der Waals surface area contributed by atoms with Crippen molar-refractivity contribution in [3.63, 3.8) is 0 Å². The zero-order valence-corrected chi connectivity index (χ0v) is 11.9. The first-order valence-corrected chi connectivity index (χ1v) is 6.81. The molecule has 0 aliphatic rings. The van der Waals surface area contributed by atoms with E-state index < -0.39 is 11.7 Å². The van der Waals surface area contributed by atoms with Crippen molar-refractivity contribution in [1.29, 1.82) is 0 Å². The molecule has 0 unspecified atom stereocenters. The van der Waals surface area contributed by atoms with Crippen molar-refractivity contribution in [2.24, 2.45) is 0 Å². The fraction of sp³-hybridized carbons (Fsp3) is 0.176. The van der Waals surface area contributed by atoms with Crippen LogP contribution in [0.4, 0.5) is 13.2 Å². The third-order valence-electron chi connectivity index (χ3n) is 3.50. The van der Waals surface area contributed by atoms with E-state index in [0.717, 1.165) is 28.1 Å². The molecule has 0 bridgehead atoms. The second kappa shape index (κ2) is 5.40. The molecular weight excluding hydrogens is 291 g/mol. The van der Waals surface area contributed by atoms with E-state index in [4.69, 9.17) is 4.74 Å². The van der Waals surface area contributed by atoms with Gasteiger partial charge in [-0.25, -0.2) is 0 Å². The molecule has 3 rings (SSSR count). The Bertz CT molecular complexity index is 805. The van der Waals surface area contributed by atoms with Crippen LogP contribution in [0.5, 0.6) is 5.75 Å². The van der Waals surface area contributed by atoms with E-state index in [9.17, 15) is 13.2 Å². The molecule has 2 nitrogen and oxygen atoms in total. The largest absolute Gasteiger partial charge is 0.488 e. The monoisotopic (exact) mass is 305 g/mol. The number of aromatic nitrogens is 1. The van der Waals surface area contributed by atoms with Crippen LogP contribution in [0.25, 0.3) is 10.9 Å².